The number of alkyl halides is 1. The fourth-order valence-corrected chi connectivity index (χ4v) is 1.08. The lowest BCUT2D eigenvalue weighted by atomic mass is 10.2. The van der Waals surface area contributed by atoms with Crippen LogP contribution in [0.2, 0.25) is 0 Å². The predicted octanol–water partition coefficient (Wildman–Crippen LogP) is 1.50. The molecule has 0 heterocycles. The van der Waals surface area contributed by atoms with Gasteiger partial charge in [-0.05, 0) is 23.8 Å². The number of aliphatic hydroxyl groups is 1. The van der Waals surface area contributed by atoms with Gasteiger partial charge < -0.3 is 10.4 Å². The molecule has 0 aromatic heterocycles. The normalized spacial score (nSPS) is 9.93. The Morgan fingerprint density at radius 1 is 1.50 bits per heavy atom. The second-order valence-corrected chi connectivity index (χ2v) is 2.96. The number of halogens is 2. The van der Waals surface area contributed by atoms with Gasteiger partial charge in [0, 0.05) is 5.69 Å². The van der Waals surface area contributed by atoms with E-state index in [1.54, 1.807) is 0 Å². The Morgan fingerprint density at radius 2 is 2.21 bits per heavy atom. The molecule has 1 rings (SSSR count). The highest BCUT2D eigenvalue weighted by molar-refractivity contribution is 6.29. The third-order valence-electron chi connectivity index (χ3n) is 1.55. The summed E-state index contributed by atoms with van der Waals surface area (Å²) in [7, 11) is 0. The van der Waals surface area contributed by atoms with Gasteiger partial charge in [0.2, 0.25) is 5.91 Å². The van der Waals surface area contributed by atoms with Gasteiger partial charge in [-0.15, -0.1) is 11.6 Å². The van der Waals surface area contributed by atoms with Gasteiger partial charge in [0.25, 0.3) is 0 Å². The van der Waals surface area contributed by atoms with Gasteiger partial charge in [-0.3, -0.25) is 4.79 Å². The summed E-state index contributed by atoms with van der Waals surface area (Å²) < 4.78 is 12.9. The van der Waals surface area contributed by atoms with Crippen molar-refractivity contribution >= 4 is 23.2 Å². The van der Waals surface area contributed by atoms with E-state index >= 15 is 0 Å². The molecule has 0 bridgehead atoms. The van der Waals surface area contributed by atoms with Crippen molar-refractivity contribution in [2.75, 3.05) is 11.2 Å². The largest absolute Gasteiger partial charge is 0.392 e. The molecule has 0 fully saturated rings. The number of benzene rings is 1. The van der Waals surface area contributed by atoms with E-state index in [0.29, 0.717) is 11.3 Å². The minimum absolute atomic E-state index is 0.190. The van der Waals surface area contributed by atoms with Crippen molar-refractivity contribution in [1.29, 1.82) is 0 Å². The monoisotopic (exact) mass is 217 g/mol. The van der Waals surface area contributed by atoms with Gasteiger partial charge in [0.05, 0.1) is 6.61 Å². The zero-order valence-electron chi connectivity index (χ0n) is 7.26. The molecule has 1 amide bonds. The molecule has 0 aliphatic rings. The van der Waals surface area contributed by atoms with Gasteiger partial charge in [0.15, 0.2) is 0 Å². The van der Waals surface area contributed by atoms with Crippen LogP contribution in [0.4, 0.5) is 10.1 Å². The lowest BCUT2D eigenvalue weighted by Gasteiger charge is -2.05. The summed E-state index contributed by atoms with van der Waals surface area (Å²) in [6.45, 7) is -0.276. The van der Waals surface area contributed by atoms with E-state index in [1.807, 2.05) is 0 Å². The van der Waals surface area contributed by atoms with Crippen molar-refractivity contribution in [3.8, 4) is 0 Å². The van der Waals surface area contributed by atoms with E-state index in [0.717, 1.165) is 6.07 Å². The second-order valence-electron chi connectivity index (χ2n) is 2.69. The first-order valence-corrected chi connectivity index (χ1v) is 4.45. The highest BCUT2D eigenvalue weighted by Crippen LogP contribution is 2.14. The van der Waals surface area contributed by atoms with Crippen molar-refractivity contribution in [2.24, 2.45) is 0 Å². The van der Waals surface area contributed by atoms with Crippen LogP contribution in [0.15, 0.2) is 18.2 Å². The maximum absolute atomic E-state index is 12.9. The molecule has 0 saturated heterocycles. The Hall–Kier alpha value is -1.13. The average molecular weight is 218 g/mol. The third-order valence-corrected chi connectivity index (χ3v) is 1.79. The van der Waals surface area contributed by atoms with E-state index < -0.39 is 11.7 Å². The Balaban J connectivity index is 2.86. The number of carbonyl (C=O) groups is 1. The van der Waals surface area contributed by atoms with Crippen molar-refractivity contribution in [1.82, 2.24) is 0 Å². The predicted molar refractivity (Wildman–Crippen MR) is 51.7 cm³/mol. The number of rotatable bonds is 3. The molecule has 0 aliphatic carbocycles. The Bertz CT molecular complexity index is 344. The fourth-order valence-electron chi connectivity index (χ4n) is 1.01. The van der Waals surface area contributed by atoms with Gasteiger partial charge >= 0.3 is 0 Å². The first-order chi connectivity index (χ1) is 6.65. The van der Waals surface area contributed by atoms with E-state index in [-0.39, 0.29) is 12.5 Å². The van der Waals surface area contributed by atoms with Gasteiger partial charge in [-0.2, -0.15) is 0 Å². The molecule has 0 aliphatic heterocycles. The van der Waals surface area contributed by atoms with Crippen LogP contribution >= 0.6 is 11.6 Å². The van der Waals surface area contributed by atoms with Crippen LogP contribution in [0.25, 0.3) is 0 Å². The summed E-state index contributed by atoms with van der Waals surface area (Å²) in [5, 5.41) is 11.2. The van der Waals surface area contributed by atoms with Crippen molar-refractivity contribution in [3.63, 3.8) is 0 Å². The molecular formula is C9H9ClFNO2. The van der Waals surface area contributed by atoms with E-state index in [2.05, 4.69) is 5.32 Å². The first-order valence-electron chi connectivity index (χ1n) is 3.92. The lowest BCUT2D eigenvalue weighted by Crippen LogP contribution is -2.12. The molecule has 14 heavy (non-hydrogen) atoms. The first kappa shape index (κ1) is 10.9. The summed E-state index contributed by atoms with van der Waals surface area (Å²) in [5.41, 5.74) is 0.689. The van der Waals surface area contributed by atoms with E-state index in [9.17, 15) is 9.18 Å². The van der Waals surface area contributed by atoms with Crippen LogP contribution < -0.4 is 5.32 Å². The number of amides is 1. The zero-order chi connectivity index (χ0) is 10.6. The molecule has 1 aromatic carbocycles. The molecule has 0 spiro atoms. The third kappa shape index (κ3) is 2.97. The van der Waals surface area contributed by atoms with Crippen LogP contribution in [0.5, 0.6) is 0 Å². The molecule has 0 unspecified atom stereocenters. The van der Waals surface area contributed by atoms with Crippen molar-refractivity contribution < 1.29 is 14.3 Å². The SMILES string of the molecule is O=C(CCl)Nc1cc(F)cc(CO)c1. The number of aliphatic hydroxyl groups excluding tert-OH is 1. The molecule has 0 saturated carbocycles. The molecule has 1 aromatic rings. The number of carbonyl (C=O) groups excluding carboxylic acids is 1. The number of anilines is 1. The topological polar surface area (TPSA) is 49.3 Å². The van der Waals surface area contributed by atoms with Crippen LogP contribution in [-0.4, -0.2) is 16.9 Å². The Morgan fingerprint density at radius 3 is 2.79 bits per heavy atom. The zero-order valence-corrected chi connectivity index (χ0v) is 8.01. The Labute approximate surface area is 85.5 Å². The summed E-state index contributed by atoms with van der Waals surface area (Å²) in [4.78, 5) is 10.9. The average Bonchev–Trinajstić information content (AvgIpc) is 2.16. The maximum atomic E-state index is 12.9. The van der Waals surface area contributed by atoms with Crippen molar-refractivity contribution in [2.45, 2.75) is 6.61 Å². The second kappa shape index (κ2) is 4.93. The fraction of sp³-hybridized carbons (Fsp3) is 0.222. The van der Waals surface area contributed by atoms with Crippen LogP contribution in [0.3, 0.4) is 0 Å². The molecule has 3 nitrogen and oxygen atoms in total. The van der Waals surface area contributed by atoms with Crippen LogP contribution in [0.1, 0.15) is 5.56 Å². The summed E-state index contributed by atoms with van der Waals surface area (Å²) in [5.74, 6) is -1.12. The Kier molecular flexibility index (Phi) is 3.85. The standard InChI is InChI=1S/C9H9ClFNO2/c10-4-9(14)12-8-2-6(5-13)1-7(11)3-8/h1-3,13H,4-5H2,(H,12,14). The van der Waals surface area contributed by atoms with E-state index in [1.165, 1.54) is 12.1 Å². The maximum Gasteiger partial charge on any atom is 0.239 e. The summed E-state index contributed by atoms with van der Waals surface area (Å²) >= 11 is 5.26. The smallest absolute Gasteiger partial charge is 0.239 e. The minimum atomic E-state index is -0.513. The lowest BCUT2D eigenvalue weighted by molar-refractivity contribution is -0.113. The highest BCUT2D eigenvalue weighted by Gasteiger charge is 2.03. The summed E-state index contributed by atoms with van der Waals surface area (Å²) in [6, 6.07) is 3.83. The van der Waals surface area contributed by atoms with E-state index in [4.69, 9.17) is 16.7 Å². The molecular weight excluding hydrogens is 209 g/mol. The number of nitrogens with one attached hydrogen (secondary N) is 1. The van der Waals surface area contributed by atoms with Gasteiger partial charge in [-0.1, -0.05) is 0 Å². The quantitative estimate of drug-likeness (QED) is 0.754. The molecule has 76 valence electrons. The van der Waals surface area contributed by atoms with Crippen LogP contribution in [0, 0.1) is 5.82 Å². The molecule has 2 N–H and O–H groups in total. The summed E-state index contributed by atoms with van der Waals surface area (Å²) in [6.07, 6.45) is 0. The van der Waals surface area contributed by atoms with Gasteiger partial charge in [-0.25, -0.2) is 4.39 Å². The molecule has 0 atom stereocenters. The number of hydrogen-bond acceptors (Lipinski definition) is 2. The molecule has 0 radical (unpaired) electrons. The van der Waals surface area contributed by atoms with Crippen molar-refractivity contribution in [3.05, 3.63) is 29.6 Å². The van der Waals surface area contributed by atoms with Gasteiger partial charge in [0.1, 0.15) is 11.7 Å². The minimum Gasteiger partial charge on any atom is -0.392 e. The highest BCUT2D eigenvalue weighted by atomic mass is 35.5. The molecule has 5 heteroatoms. The van der Waals surface area contributed by atoms with Crippen LogP contribution in [-0.2, 0) is 11.4 Å². The number of hydrogen-bond donors (Lipinski definition) is 2.